The third-order valence-electron chi connectivity index (χ3n) is 3.30. The van der Waals surface area contributed by atoms with Gasteiger partial charge < -0.3 is 18.1 Å². The lowest BCUT2D eigenvalue weighted by molar-refractivity contribution is -0.145. The van der Waals surface area contributed by atoms with Gasteiger partial charge in [0.15, 0.2) is 16.6 Å². The van der Waals surface area contributed by atoms with E-state index in [1.165, 1.54) is 0 Å². The molecular weight excluding hydrogens is 384 g/mol. The van der Waals surface area contributed by atoms with Crippen molar-refractivity contribution in [1.82, 2.24) is 0 Å². The molecule has 0 aromatic heterocycles. The van der Waals surface area contributed by atoms with Crippen LogP contribution in [-0.4, -0.2) is 48.3 Å². The Labute approximate surface area is 161 Å². The maximum Gasteiger partial charge on any atom is 0.331 e. The van der Waals surface area contributed by atoms with Crippen LogP contribution >= 0.6 is 0 Å². The smallest absolute Gasteiger partial charge is 0.331 e. The Kier molecular flexibility index (Phi) is 9.69. The first kappa shape index (κ1) is 25.3. The van der Waals surface area contributed by atoms with Crippen molar-refractivity contribution in [2.24, 2.45) is 5.92 Å². The second-order valence-electron chi connectivity index (χ2n) is 8.99. The maximum absolute atomic E-state index is 11.8. The Hall–Kier alpha value is -0.749. The van der Waals surface area contributed by atoms with Gasteiger partial charge in [0.2, 0.25) is 0 Å². The average molecular weight is 421 g/mol. The van der Waals surface area contributed by atoms with Gasteiger partial charge in [-0.25, -0.2) is 9.59 Å². The van der Waals surface area contributed by atoms with Gasteiger partial charge in [0.05, 0.1) is 0 Å². The second-order valence-corrected chi connectivity index (χ2v) is 21.8. The normalized spacial score (nSPS) is 14.7. The molecule has 152 valence electrons. The molecule has 0 aromatic rings. The molecule has 1 unspecified atom stereocenters. The highest BCUT2D eigenvalue weighted by Crippen LogP contribution is 2.28. The molecular formula is C17H36O6Si3. The Morgan fingerprint density at radius 2 is 1.38 bits per heavy atom. The van der Waals surface area contributed by atoms with Gasteiger partial charge in [0.1, 0.15) is 6.10 Å². The summed E-state index contributed by atoms with van der Waals surface area (Å²) in [6.45, 7) is 19.0. The van der Waals surface area contributed by atoms with Crippen molar-refractivity contribution in [3.63, 3.8) is 0 Å². The zero-order chi connectivity index (χ0) is 20.8. The maximum atomic E-state index is 11.8. The van der Waals surface area contributed by atoms with Gasteiger partial charge in [0, 0.05) is 12.2 Å². The van der Waals surface area contributed by atoms with Gasteiger partial charge in [-0.2, -0.15) is 0 Å². The second kappa shape index (κ2) is 9.98. The summed E-state index contributed by atoms with van der Waals surface area (Å²) in [6.07, 6.45) is 2.08. The van der Waals surface area contributed by atoms with E-state index in [4.69, 9.17) is 18.1 Å². The summed E-state index contributed by atoms with van der Waals surface area (Å²) in [5.74, 6) is -1.68. The number of aliphatic carboxylic acids is 1. The summed E-state index contributed by atoms with van der Waals surface area (Å²) in [5.41, 5.74) is 0. The van der Waals surface area contributed by atoms with Gasteiger partial charge in [0.25, 0.3) is 0 Å². The van der Waals surface area contributed by atoms with Gasteiger partial charge in [-0.05, 0) is 64.2 Å². The number of carboxylic acids is 1. The molecule has 0 rings (SSSR count). The number of rotatable bonds is 11. The molecule has 0 aromatic carbocycles. The first-order valence-corrected chi connectivity index (χ1v) is 18.4. The lowest BCUT2D eigenvalue weighted by Gasteiger charge is -2.39. The van der Waals surface area contributed by atoms with Crippen molar-refractivity contribution in [3.8, 4) is 0 Å². The highest BCUT2D eigenvalue weighted by molar-refractivity contribution is 6.87. The highest BCUT2D eigenvalue weighted by atomic mass is 28.5. The lowest BCUT2D eigenvalue weighted by Crippen LogP contribution is -2.53. The van der Waals surface area contributed by atoms with Crippen LogP contribution in [0.2, 0.25) is 51.9 Å². The van der Waals surface area contributed by atoms with E-state index in [2.05, 4.69) is 45.8 Å². The van der Waals surface area contributed by atoms with Crippen LogP contribution in [0.4, 0.5) is 0 Å². The number of ether oxygens (including phenoxy) is 1. The number of hydrogen-bond acceptors (Lipinski definition) is 5. The summed E-state index contributed by atoms with van der Waals surface area (Å²) in [5, 5.41) is 8.62. The Balaban J connectivity index is 5.12. The Morgan fingerprint density at radius 1 is 0.923 bits per heavy atom. The van der Waals surface area contributed by atoms with E-state index in [0.717, 1.165) is 18.2 Å². The van der Waals surface area contributed by atoms with Crippen molar-refractivity contribution in [1.29, 1.82) is 0 Å². The molecule has 26 heavy (non-hydrogen) atoms. The lowest BCUT2D eigenvalue weighted by atomic mass is 10.1. The van der Waals surface area contributed by atoms with Crippen LogP contribution in [-0.2, 0) is 22.6 Å². The van der Waals surface area contributed by atoms with Crippen LogP contribution in [0.1, 0.15) is 20.3 Å². The summed E-state index contributed by atoms with van der Waals surface area (Å²) in [7, 11) is -5.94. The quantitative estimate of drug-likeness (QED) is 0.304. The molecule has 0 bridgehead atoms. The van der Waals surface area contributed by atoms with E-state index in [9.17, 15) is 9.59 Å². The molecule has 1 atom stereocenters. The topological polar surface area (TPSA) is 82.1 Å². The summed E-state index contributed by atoms with van der Waals surface area (Å²) >= 11 is 0. The minimum Gasteiger partial charge on any atom is -0.478 e. The van der Waals surface area contributed by atoms with Crippen molar-refractivity contribution in [3.05, 3.63) is 12.2 Å². The molecule has 9 heteroatoms. The van der Waals surface area contributed by atoms with E-state index in [1.807, 2.05) is 13.8 Å². The largest absolute Gasteiger partial charge is 0.478 e. The van der Waals surface area contributed by atoms with E-state index in [0.29, 0.717) is 6.42 Å². The van der Waals surface area contributed by atoms with Crippen molar-refractivity contribution in [2.75, 3.05) is 0 Å². The van der Waals surface area contributed by atoms with Crippen LogP contribution < -0.4 is 0 Å². The molecule has 0 aliphatic carbocycles. The van der Waals surface area contributed by atoms with Gasteiger partial charge in [-0.15, -0.1) is 0 Å². The summed E-state index contributed by atoms with van der Waals surface area (Å²) in [4.78, 5) is 22.4. The van der Waals surface area contributed by atoms with Crippen LogP contribution in [0, 0.1) is 5.92 Å². The third-order valence-corrected chi connectivity index (χ3v) is 12.9. The number of hydrogen-bond donors (Lipinski definition) is 1. The van der Waals surface area contributed by atoms with Gasteiger partial charge in [-0.3, -0.25) is 0 Å². The fourth-order valence-electron chi connectivity index (χ4n) is 2.68. The zero-order valence-corrected chi connectivity index (χ0v) is 20.7. The number of carbonyl (C=O) groups is 2. The summed E-state index contributed by atoms with van der Waals surface area (Å²) < 4.78 is 18.4. The van der Waals surface area contributed by atoms with Crippen LogP contribution in [0.15, 0.2) is 12.2 Å². The molecule has 0 saturated heterocycles. The molecule has 6 nitrogen and oxygen atoms in total. The first-order chi connectivity index (χ1) is 11.5. The molecule has 0 heterocycles. The standard InChI is InChI=1S/C17H36O6Si3/c1-14(2)15(21-17(20)11-10-16(18)19)12-13-26(9,22-24(3,4)5)23-25(6,7)8/h10-11,14-15H,12-13H2,1-9H3,(H,18,19)/b11-10+. The van der Waals surface area contributed by atoms with E-state index in [1.54, 1.807) is 0 Å². The molecule has 0 aliphatic rings. The minimum absolute atomic E-state index is 0.120. The van der Waals surface area contributed by atoms with Crippen molar-refractivity contribution >= 4 is 37.1 Å². The SMILES string of the molecule is CC(C)C(CC[Si](C)(O[Si](C)(C)C)O[Si](C)(C)C)OC(=O)/C=C/C(=O)O. The molecule has 0 aliphatic heterocycles. The van der Waals surface area contributed by atoms with Crippen LogP contribution in [0.3, 0.4) is 0 Å². The van der Waals surface area contributed by atoms with Gasteiger partial charge in [-0.1, -0.05) is 13.8 Å². The number of carbonyl (C=O) groups excluding carboxylic acids is 1. The first-order valence-electron chi connectivity index (χ1n) is 9.05. The van der Waals surface area contributed by atoms with Gasteiger partial charge >= 0.3 is 20.5 Å². The Morgan fingerprint density at radius 3 is 1.73 bits per heavy atom. The van der Waals surface area contributed by atoms with E-state index < -0.39 is 37.1 Å². The van der Waals surface area contributed by atoms with Crippen LogP contribution in [0.25, 0.3) is 0 Å². The highest BCUT2D eigenvalue weighted by Gasteiger charge is 2.40. The molecule has 0 spiro atoms. The fraction of sp³-hybridized carbons (Fsp3) is 0.765. The molecule has 0 fully saturated rings. The molecule has 0 amide bonds. The minimum atomic E-state index is -2.40. The molecule has 0 saturated carbocycles. The van der Waals surface area contributed by atoms with E-state index >= 15 is 0 Å². The summed E-state index contributed by atoms with van der Waals surface area (Å²) in [6, 6.07) is 0.736. The predicted molar refractivity (Wildman–Crippen MR) is 111 cm³/mol. The van der Waals surface area contributed by atoms with Crippen LogP contribution in [0.5, 0.6) is 0 Å². The van der Waals surface area contributed by atoms with Crippen molar-refractivity contribution < 1.29 is 27.7 Å². The average Bonchev–Trinajstić information content (AvgIpc) is 2.36. The zero-order valence-electron chi connectivity index (χ0n) is 17.7. The fourth-order valence-corrected chi connectivity index (χ4v) is 15.2. The third kappa shape index (κ3) is 12.6. The predicted octanol–water partition coefficient (Wildman–Crippen LogP) is 4.36. The molecule has 1 N–H and O–H groups in total. The monoisotopic (exact) mass is 420 g/mol. The van der Waals surface area contributed by atoms with Crippen molar-refractivity contribution in [2.45, 2.75) is 78.2 Å². The Bertz CT molecular complexity index is 490. The van der Waals surface area contributed by atoms with E-state index in [-0.39, 0.29) is 12.0 Å². The number of carboxylic acid groups (broad SMARTS) is 1. The molecule has 0 radical (unpaired) electrons. The number of esters is 1.